The van der Waals surface area contributed by atoms with E-state index in [-0.39, 0.29) is 86.1 Å². The average Bonchev–Trinajstić information content (AvgIpc) is 4.41. The molecule has 2 fully saturated rings. The molecule has 76 heavy (non-hydrogen) atoms. The fraction of sp³-hybridized carbons (Fsp3) is 0.228. The van der Waals surface area contributed by atoms with E-state index >= 15 is 0 Å². The van der Waals surface area contributed by atoms with Crippen LogP contribution in [0.4, 0.5) is 0 Å². The molecule has 10 heterocycles. The first-order valence-corrected chi connectivity index (χ1v) is 24.6. The Morgan fingerprint density at radius 2 is 1.05 bits per heavy atom. The number of hydrogen-bond acceptors (Lipinski definition) is 11. The number of carbonyl (C=O) groups excluding carboxylic acids is 6. The highest BCUT2D eigenvalue weighted by atomic mass is 127. The Kier molecular flexibility index (Phi) is 11.9. The molecule has 4 aromatic carbocycles. The standard InChI is InChI=1S/C29H25N4O5.C28H22N4O5.HI/c1-30-11-5-6-18(14-30)28(35)33-21-8-4-3-7-19(21)20-13-22-29(36)31(2)15-25(34)32(22)26(27(20)33)17-9-10-23-24(12-17)38-16-37-23;1-30-14-24(33)31-21(28(30)35)12-19-18-6-2-3-7-20(18)32(27(34)17-5-4-10-29-13-17)26(19)25(31)16-8-9-22-23(11-16)37-15-36-22;/h3-12,14,22,26H,13,15-16H2,1-2H3;2-11,13,21,25H,12,14-15H2,1H3;1H/q+1;;/p-1/t22-,26-;21-,25-;/m11./s1. The van der Waals surface area contributed by atoms with Gasteiger partial charge in [0.1, 0.15) is 24.7 Å². The summed E-state index contributed by atoms with van der Waals surface area (Å²) in [5.74, 6) is 1.36. The van der Waals surface area contributed by atoms with Gasteiger partial charge in [0.05, 0.1) is 53.2 Å². The van der Waals surface area contributed by atoms with Crippen molar-refractivity contribution >= 4 is 57.2 Å². The molecule has 19 heteroatoms. The first kappa shape index (κ1) is 48.4. The Balaban J connectivity index is 0.000000151. The van der Waals surface area contributed by atoms with Gasteiger partial charge in [-0.25, -0.2) is 4.57 Å². The minimum atomic E-state index is -0.679. The van der Waals surface area contributed by atoms with Crippen molar-refractivity contribution in [1.82, 2.24) is 33.7 Å². The molecule has 0 aliphatic carbocycles. The van der Waals surface area contributed by atoms with E-state index < -0.39 is 24.2 Å². The zero-order valence-corrected chi connectivity index (χ0v) is 43.4. The van der Waals surface area contributed by atoms with E-state index in [0.717, 1.165) is 44.1 Å². The molecule has 382 valence electrons. The third-order valence-electron chi connectivity index (χ3n) is 15.2. The second-order valence-corrected chi connectivity index (χ2v) is 19.5. The molecule has 6 aliphatic rings. The molecule has 14 rings (SSSR count). The molecule has 4 amide bonds. The van der Waals surface area contributed by atoms with Crippen molar-refractivity contribution in [1.29, 1.82) is 0 Å². The normalized spacial score (nSPS) is 19.9. The highest BCUT2D eigenvalue weighted by Gasteiger charge is 2.51. The van der Waals surface area contributed by atoms with Crippen LogP contribution in [0.1, 0.15) is 66.4 Å². The molecule has 6 aliphatic heterocycles. The number of ether oxygens (including phenoxy) is 4. The van der Waals surface area contributed by atoms with Crippen LogP contribution in [0.5, 0.6) is 23.0 Å². The fourth-order valence-corrected chi connectivity index (χ4v) is 11.8. The second-order valence-electron chi connectivity index (χ2n) is 19.5. The summed E-state index contributed by atoms with van der Waals surface area (Å²) >= 11 is 0. The van der Waals surface area contributed by atoms with Crippen LogP contribution in [0.2, 0.25) is 0 Å². The van der Waals surface area contributed by atoms with E-state index in [1.54, 1.807) is 69.7 Å². The molecule has 8 aromatic rings. The van der Waals surface area contributed by atoms with Crippen molar-refractivity contribution in [2.75, 3.05) is 40.8 Å². The van der Waals surface area contributed by atoms with E-state index in [2.05, 4.69) is 4.98 Å². The van der Waals surface area contributed by atoms with Crippen LogP contribution in [0.25, 0.3) is 21.8 Å². The van der Waals surface area contributed by atoms with Gasteiger partial charge in [0.2, 0.25) is 37.2 Å². The molecule has 0 N–H and O–H groups in total. The number of piperazine rings is 2. The monoisotopic (exact) mass is 1130 g/mol. The van der Waals surface area contributed by atoms with Gasteiger partial charge in [0.25, 0.3) is 11.8 Å². The van der Waals surface area contributed by atoms with Crippen molar-refractivity contribution in [2.24, 2.45) is 7.05 Å². The fourth-order valence-electron chi connectivity index (χ4n) is 11.8. The molecular weight excluding hydrogens is 1080 g/mol. The number of halogens is 1. The van der Waals surface area contributed by atoms with Gasteiger partial charge >= 0.3 is 0 Å². The Morgan fingerprint density at radius 1 is 0.579 bits per heavy atom. The number of likely N-dealkylation sites (N-methyl/N-ethyl adjacent to an activating group) is 2. The third kappa shape index (κ3) is 7.56. The molecular formula is C57H47IN8O10. The largest absolute Gasteiger partial charge is 1.00 e. The lowest BCUT2D eigenvalue weighted by Gasteiger charge is -2.46. The lowest BCUT2D eigenvalue weighted by atomic mass is 9.86. The predicted molar refractivity (Wildman–Crippen MR) is 268 cm³/mol. The third-order valence-corrected chi connectivity index (χ3v) is 15.2. The molecule has 4 aromatic heterocycles. The number of para-hydroxylation sites is 2. The summed E-state index contributed by atoms with van der Waals surface area (Å²) in [7, 11) is 5.18. The van der Waals surface area contributed by atoms with Gasteiger partial charge in [-0.2, -0.15) is 0 Å². The number of fused-ring (bicyclic) bond motifs is 10. The van der Waals surface area contributed by atoms with Crippen molar-refractivity contribution in [3.63, 3.8) is 0 Å². The number of nitrogens with zero attached hydrogens (tertiary/aromatic N) is 8. The van der Waals surface area contributed by atoms with Crippen LogP contribution in [0.15, 0.2) is 134 Å². The van der Waals surface area contributed by atoms with Gasteiger partial charge in [-0.1, -0.05) is 48.5 Å². The smallest absolute Gasteiger partial charge is 0.268 e. The minimum absolute atomic E-state index is 0. The Labute approximate surface area is 451 Å². The summed E-state index contributed by atoms with van der Waals surface area (Å²) in [6, 6.07) is 30.8. The van der Waals surface area contributed by atoms with Gasteiger partial charge in [-0.15, -0.1) is 0 Å². The highest BCUT2D eigenvalue weighted by molar-refractivity contribution is 6.07. The maximum Gasteiger partial charge on any atom is 0.268 e. The Morgan fingerprint density at radius 3 is 1.54 bits per heavy atom. The maximum absolute atomic E-state index is 14.2. The van der Waals surface area contributed by atoms with Crippen molar-refractivity contribution in [3.05, 3.63) is 179 Å². The number of aromatic nitrogens is 4. The second kappa shape index (κ2) is 18.7. The van der Waals surface area contributed by atoms with Crippen molar-refractivity contribution in [2.45, 2.75) is 37.0 Å². The summed E-state index contributed by atoms with van der Waals surface area (Å²) in [5.41, 5.74) is 7.06. The van der Waals surface area contributed by atoms with Gasteiger partial charge in [0, 0.05) is 56.2 Å². The number of hydrogen-bond donors (Lipinski definition) is 0. The van der Waals surface area contributed by atoms with Gasteiger partial charge < -0.3 is 62.5 Å². The van der Waals surface area contributed by atoms with Crippen molar-refractivity contribution < 1.29 is 76.3 Å². The molecule has 4 atom stereocenters. The molecule has 0 radical (unpaired) electrons. The lowest BCUT2D eigenvalue weighted by molar-refractivity contribution is -0.671. The van der Waals surface area contributed by atoms with Gasteiger partial charge in [-0.05, 0) is 76.9 Å². The first-order chi connectivity index (χ1) is 36.4. The zero-order valence-electron chi connectivity index (χ0n) is 41.3. The van der Waals surface area contributed by atoms with Gasteiger partial charge in [-0.3, -0.25) is 42.9 Å². The van der Waals surface area contributed by atoms with E-state index in [1.165, 1.54) is 16.0 Å². The van der Waals surface area contributed by atoms with E-state index in [4.69, 9.17) is 18.9 Å². The summed E-state index contributed by atoms with van der Waals surface area (Å²) in [6.07, 6.45) is 7.46. The van der Waals surface area contributed by atoms with E-state index in [1.807, 2.05) is 103 Å². The summed E-state index contributed by atoms with van der Waals surface area (Å²) < 4.78 is 27.6. The van der Waals surface area contributed by atoms with Gasteiger partial charge in [0.15, 0.2) is 35.4 Å². The topological polar surface area (TPSA) is 179 Å². The zero-order chi connectivity index (χ0) is 51.4. The SMILES string of the molecule is CN1CC(=O)N2[C@H](c3ccc4c(c3)OCO4)c3c(c4ccccc4n3C(=O)c3ccc[n+](C)c3)C[C@@H]2C1=O.CN1CC(=O)N2[C@H](c3ccc4c(c3)OCO4)c3c(c4ccccc4n3C(=O)c3cccnc3)C[C@@H]2C1=O.[I-]. The predicted octanol–water partition coefficient (Wildman–Crippen LogP) is 1.97. The number of rotatable bonds is 4. The van der Waals surface area contributed by atoms with E-state index in [9.17, 15) is 28.8 Å². The quantitative estimate of drug-likeness (QED) is 0.186. The number of carbonyl (C=O) groups is 6. The molecule has 0 spiro atoms. The van der Waals surface area contributed by atoms with Crippen LogP contribution in [-0.4, -0.2) is 122 Å². The van der Waals surface area contributed by atoms with E-state index in [0.29, 0.717) is 58.4 Å². The highest BCUT2D eigenvalue weighted by Crippen LogP contribution is 2.48. The number of pyridine rings is 2. The molecule has 0 unspecified atom stereocenters. The Hall–Kier alpha value is -8.59. The van der Waals surface area contributed by atoms with Crippen LogP contribution in [-0.2, 0) is 39.1 Å². The molecule has 0 bridgehead atoms. The Bertz CT molecular complexity index is 3780. The van der Waals surface area contributed by atoms with Crippen LogP contribution < -0.4 is 47.5 Å². The average molecular weight is 1130 g/mol. The summed E-state index contributed by atoms with van der Waals surface area (Å²) in [6.45, 7) is 0.187. The van der Waals surface area contributed by atoms with Crippen molar-refractivity contribution in [3.8, 4) is 23.0 Å². The van der Waals surface area contributed by atoms with Crippen LogP contribution in [0.3, 0.4) is 0 Å². The maximum atomic E-state index is 14.2. The number of aryl methyl sites for hydroxylation is 1. The molecule has 2 saturated heterocycles. The van der Waals surface area contributed by atoms with Crippen LogP contribution in [0, 0.1) is 0 Å². The minimum Gasteiger partial charge on any atom is -1.00 e. The molecule has 18 nitrogen and oxygen atoms in total. The number of amides is 4. The summed E-state index contributed by atoms with van der Waals surface area (Å²) in [5, 5.41) is 1.78. The van der Waals surface area contributed by atoms with Crippen LogP contribution >= 0.6 is 0 Å². The molecule has 0 saturated carbocycles. The lowest BCUT2D eigenvalue weighted by Crippen LogP contribution is -3.00. The number of benzene rings is 4. The summed E-state index contributed by atoms with van der Waals surface area (Å²) in [4.78, 5) is 92.6. The first-order valence-electron chi connectivity index (χ1n) is 24.6.